The molecule has 0 spiro atoms. The summed E-state index contributed by atoms with van der Waals surface area (Å²) in [5, 5.41) is 11.7. The van der Waals surface area contributed by atoms with E-state index in [4.69, 9.17) is 0 Å². The Hall–Kier alpha value is -1.10. The van der Waals surface area contributed by atoms with Crippen LogP contribution < -0.4 is 5.32 Å². The van der Waals surface area contributed by atoms with Crippen LogP contribution in [0.15, 0.2) is 0 Å². The molecule has 1 atom stereocenters. The van der Waals surface area contributed by atoms with Gasteiger partial charge < -0.3 is 15.3 Å². The Morgan fingerprint density at radius 1 is 1.36 bits per heavy atom. The lowest BCUT2D eigenvalue weighted by Gasteiger charge is -2.22. The third-order valence-electron chi connectivity index (χ3n) is 1.63. The monoisotopic (exact) mass is 202 g/mol. The molecule has 2 N–H and O–H groups in total. The van der Waals surface area contributed by atoms with Crippen molar-refractivity contribution in [3.63, 3.8) is 0 Å². The quantitative estimate of drug-likeness (QED) is 0.507. The average molecular weight is 202 g/mol. The number of hydrogen-bond donors (Lipinski definition) is 2. The van der Waals surface area contributed by atoms with Gasteiger partial charge in [-0.25, -0.2) is 0 Å². The van der Waals surface area contributed by atoms with Gasteiger partial charge in [-0.1, -0.05) is 13.8 Å². The molecule has 1 unspecified atom stereocenters. The first-order valence-corrected chi connectivity index (χ1v) is 4.64. The second kappa shape index (κ2) is 7.32. The molecule has 0 bridgehead atoms. The number of hydrogen-bond acceptors (Lipinski definition) is 3. The third-order valence-corrected chi connectivity index (χ3v) is 1.63. The van der Waals surface area contributed by atoms with Gasteiger partial charge in [0.15, 0.2) is 0 Å². The number of rotatable bonds is 8. The molecule has 0 aromatic carbocycles. The van der Waals surface area contributed by atoms with Crippen LogP contribution in [0.4, 0.5) is 0 Å². The molecule has 2 amide bonds. The summed E-state index contributed by atoms with van der Waals surface area (Å²) in [5.41, 5.74) is 0. The van der Waals surface area contributed by atoms with E-state index in [0.717, 1.165) is 0 Å². The maximum Gasteiger partial charge on any atom is 0.209 e. The van der Waals surface area contributed by atoms with E-state index in [1.165, 1.54) is 4.90 Å². The third kappa shape index (κ3) is 6.42. The molecule has 14 heavy (non-hydrogen) atoms. The van der Waals surface area contributed by atoms with Crippen molar-refractivity contribution in [1.82, 2.24) is 10.2 Å². The SMILES string of the molecule is CC(C)CN(C=O)CC(O)CNC=O. The maximum atomic E-state index is 10.6. The van der Waals surface area contributed by atoms with E-state index in [1.54, 1.807) is 0 Å². The van der Waals surface area contributed by atoms with Crippen molar-refractivity contribution in [3.8, 4) is 0 Å². The molecule has 0 aliphatic carbocycles. The zero-order valence-electron chi connectivity index (χ0n) is 8.64. The van der Waals surface area contributed by atoms with Gasteiger partial charge in [-0.05, 0) is 5.92 Å². The molecule has 82 valence electrons. The molecule has 0 heterocycles. The largest absolute Gasteiger partial charge is 0.389 e. The predicted molar refractivity (Wildman–Crippen MR) is 52.5 cm³/mol. The van der Waals surface area contributed by atoms with Crippen LogP contribution in [0.2, 0.25) is 0 Å². The summed E-state index contributed by atoms with van der Waals surface area (Å²) in [6.45, 7) is 5.02. The molecule has 0 saturated heterocycles. The molecule has 0 aliphatic rings. The van der Waals surface area contributed by atoms with Gasteiger partial charge in [-0.3, -0.25) is 9.59 Å². The van der Waals surface area contributed by atoms with E-state index in [-0.39, 0.29) is 13.1 Å². The molecule has 0 aliphatic heterocycles. The van der Waals surface area contributed by atoms with Crippen molar-refractivity contribution in [2.45, 2.75) is 20.0 Å². The van der Waals surface area contributed by atoms with Gasteiger partial charge in [0.05, 0.1) is 6.10 Å². The molecule has 0 radical (unpaired) electrons. The zero-order chi connectivity index (χ0) is 11.0. The van der Waals surface area contributed by atoms with Crippen molar-refractivity contribution in [3.05, 3.63) is 0 Å². The molecular weight excluding hydrogens is 184 g/mol. The van der Waals surface area contributed by atoms with E-state index in [0.29, 0.717) is 25.3 Å². The Bertz CT molecular complexity index is 173. The highest BCUT2D eigenvalue weighted by molar-refractivity contribution is 5.47. The van der Waals surface area contributed by atoms with Crippen LogP contribution in [-0.4, -0.2) is 48.6 Å². The number of carbonyl (C=O) groups excluding carboxylic acids is 2. The summed E-state index contributed by atoms with van der Waals surface area (Å²) in [6, 6.07) is 0. The first-order valence-electron chi connectivity index (χ1n) is 4.64. The minimum atomic E-state index is -0.704. The molecule has 0 rings (SSSR count). The van der Waals surface area contributed by atoms with Crippen molar-refractivity contribution in [2.75, 3.05) is 19.6 Å². The Labute approximate surface area is 84.1 Å². The Balaban J connectivity index is 3.79. The summed E-state index contributed by atoms with van der Waals surface area (Å²) in [7, 11) is 0. The van der Waals surface area contributed by atoms with Gasteiger partial charge in [0.25, 0.3) is 0 Å². The van der Waals surface area contributed by atoms with Crippen molar-refractivity contribution >= 4 is 12.8 Å². The lowest BCUT2D eigenvalue weighted by Crippen LogP contribution is -2.38. The first-order chi connectivity index (χ1) is 6.60. The fourth-order valence-electron chi connectivity index (χ4n) is 1.15. The lowest BCUT2D eigenvalue weighted by atomic mass is 10.2. The van der Waals surface area contributed by atoms with Crippen molar-refractivity contribution in [2.24, 2.45) is 5.92 Å². The number of aliphatic hydroxyl groups excluding tert-OH is 1. The van der Waals surface area contributed by atoms with Gasteiger partial charge in [0.2, 0.25) is 12.8 Å². The predicted octanol–water partition coefficient (Wildman–Crippen LogP) is -0.792. The summed E-state index contributed by atoms with van der Waals surface area (Å²) in [4.78, 5) is 22.0. The van der Waals surface area contributed by atoms with Crippen LogP contribution in [-0.2, 0) is 9.59 Å². The molecule has 0 saturated carbocycles. The number of carbonyl (C=O) groups is 2. The number of amides is 2. The maximum absolute atomic E-state index is 10.6. The van der Waals surface area contributed by atoms with E-state index < -0.39 is 6.10 Å². The summed E-state index contributed by atoms with van der Waals surface area (Å²) in [5.74, 6) is 0.367. The van der Waals surface area contributed by atoms with Crippen LogP contribution in [0.5, 0.6) is 0 Å². The standard InChI is InChI=1S/C9H18N2O3/c1-8(2)4-11(7-13)5-9(14)3-10-6-12/h6-9,14H,3-5H2,1-2H3,(H,10,12). The van der Waals surface area contributed by atoms with E-state index in [1.807, 2.05) is 13.8 Å². The average Bonchev–Trinajstić information content (AvgIpc) is 2.12. The highest BCUT2D eigenvalue weighted by Crippen LogP contribution is 1.97. The van der Waals surface area contributed by atoms with E-state index >= 15 is 0 Å². The van der Waals surface area contributed by atoms with Gasteiger partial charge >= 0.3 is 0 Å². The first kappa shape index (κ1) is 12.9. The van der Waals surface area contributed by atoms with Gasteiger partial charge in [0, 0.05) is 19.6 Å². The molecule has 5 nitrogen and oxygen atoms in total. The Kier molecular flexibility index (Phi) is 6.74. The minimum absolute atomic E-state index is 0.173. The van der Waals surface area contributed by atoms with Crippen molar-refractivity contribution in [1.29, 1.82) is 0 Å². The fourth-order valence-corrected chi connectivity index (χ4v) is 1.15. The highest BCUT2D eigenvalue weighted by Gasteiger charge is 2.10. The normalized spacial score (nSPS) is 12.3. The van der Waals surface area contributed by atoms with E-state index in [9.17, 15) is 14.7 Å². The lowest BCUT2D eigenvalue weighted by molar-refractivity contribution is -0.119. The topological polar surface area (TPSA) is 69.6 Å². The smallest absolute Gasteiger partial charge is 0.209 e. The molecule has 5 heteroatoms. The molecule has 0 aromatic heterocycles. The Morgan fingerprint density at radius 3 is 2.43 bits per heavy atom. The highest BCUT2D eigenvalue weighted by atomic mass is 16.3. The molecule has 0 aromatic rings. The summed E-state index contributed by atoms with van der Waals surface area (Å²) in [6.07, 6.45) is 0.533. The van der Waals surface area contributed by atoms with Crippen LogP contribution in [0.1, 0.15) is 13.8 Å². The van der Waals surface area contributed by atoms with Crippen molar-refractivity contribution < 1.29 is 14.7 Å². The second-order valence-electron chi connectivity index (χ2n) is 3.63. The molecular formula is C9H18N2O3. The Morgan fingerprint density at radius 2 is 2.00 bits per heavy atom. The summed E-state index contributed by atoms with van der Waals surface area (Å²) < 4.78 is 0. The zero-order valence-corrected chi connectivity index (χ0v) is 8.64. The van der Waals surface area contributed by atoms with Gasteiger partial charge in [-0.15, -0.1) is 0 Å². The minimum Gasteiger partial charge on any atom is -0.389 e. The van der Waals surface area contributed by atoms with E-state index in [2.05, 4.69) is 5.32 Å². The summed E-state index contributed by atoms with van der Waals surface area (Å²) >= 11 is 0. The number of aliphatic hydroxyl groups is 1. The number of nitrogens with zero attached hydrogens (tertiary/aromatic N) is 1. The van der Waals surface area contributed by atoms with Crippen LogP contribution in [0, 0.1) is 5.92 Å². The van der Waals surface area contributed by atoms with Crippen LogP contribution in [0.3, 0.4) is 0 Å². The van der Waals surface area contributed by atoms with Crippen LogP contribution in [0.25, 0.3) is 0 Å². The molecule has 0 fully saturated rings. The number of nitrogens with one attached hydrogen (secondary N) is 1. The fraction of sp³-hybridized carbons (Fsp3) is 0.778. The van der Waals surface area contributed by atoms with Gasteiger partial charge in [0.1, 0.15) is 0 Å². The van der Waals surface area contributed by atoms with Gasteiger partial charge in [-0.2, -0.15) is 0 Å². The second-order valence-corrected chi connectivity index (χ2v) is 3.63. The van der Waals surface area contributed by atoms with Crippen LogP contribution >= 0.6 is 0 Å².